The Morgan fingerprint density at radius 2 is 1.78 bits per heavy atom. The molecule has 2 aliphatic rings. The Morgan fingerprint density at radius 3 is 2.47 bits per heavy atom. The third kappa shape index (κ3) is 5.08. The molecule has 3 aromatic rings. The summed E-state index contributed by atoms with van der Waals surface area (Å²) in [7, 11) is -3.76. The van der Waals surface area contributed by atoms with E-state index in [4.69, 9.17) is 4.74 Å². The lowest BCUT2D eigenvalue weighted by atomic mass is 10.0. The monoisotopic (exact) mass is 524 g/mol. The molecule has 1 aliphatic heterocycles. The number of sulfonamides is 1. The zero-order chi connectivity index (χ0) is 25.4. The number of carbonyl (C=O) groups excluding carboxylic acids is 1. The van der Waals surface area contributed by atoms with Crippen LogP contribution in [-0.4, -0.2) is 49.3 Å². The minimum Gasteiger partial charge on any atom is -0.491 e. The van der Waals surface area contributed by atoms with Crippen molar-refractivity contribution < 1.29 is 17.9 Å². The number of hydrogen-bond donors (Lipinski definition) is 0. The van der Waals surface area contributed by atoms with Crippen LogP contribution in [-0.2, 0) is 21.2 Å². The average molecular weight is 525 g/mol. The van der Waals surface area contributed by atoms with Crippen molar-refractivity contribution in [2.24, 2.45) is 0 Å². The van der Waals surface area contributed by atoms with Gasteiger partial charge in [0, 0.05) is 17.5 Å². The Kier molecular flexibility index (Phi) is 6.94. The molecule has 0 radical (unpaired) electrons. The molecule has 190 valence electrons. The van der Waals surface area contributed by atoms with Gasteiger partial charge in [-0.2, -0.15) is 4.31 Å². The molecule has 2 heterocycles. The summed E-state index contributed by atoms with van der Waals surface area (Å²) in [5.41, 5.74) is 4.32. The fourth-order valence-electron chi connectivity index (χ4n) is 4.85. The van der Waals surface area contributed by atoms with Crippen LogP contribution in [0.5, 0.6) is 5.75 Å². The van der Waals surface area contributed by atoms with Crippen LogP contribution in [0.15, 0.2) is 58.8 Å². The Labute approximate surface area is 217 Å². The van der Waals surface area contributed by atoms with Crippen molar-refractivity contribution in [3.05, 3.63) is 81.0 Å². The highest BCUT2D eigenvalue weighted by Gasteiger charge is 2.41. The fourth-order valence-corrected chi connectivity index (χ4v) is 7.41. The van der Waals surface area contributed by atoms with E-state index in [9.17, 15) is 13.2 Å². The Hall–Kier alpha value is -2.68. The predicted octanol–water partition coefficient (Wildman–Crippen LogP) is 5.03. The van der Waals surface area contributed by atoms with Gasteiger partial charge in [-0.15, -0.1) is 11.3 Å². The minimum atomic E-state index is -3.76. The number of ether oxygens (including phenoxy) is 1. The van der Waals surface area contributed by atoms with Gasteiger partial charge in [0.2, 0.25) is 15.9 Å². The van der Waals surface area contributed by atoms with Gasteiger partial charge in [-0.1, -0.05) is 35.4 Å². The first-order chi connectivity index (χ1) is 17.2. The molecule has 1 aromatic heterocycles. The van der Waals surface area contributed by atoms with Crippen LogP contribution in [0.1, 0.15) is 46.0 Å². The van der Waals surface area contributed by atoms with Crippen molar-refractivity contribution in [3.8, 4) is 5.75 Å². The molecule has 1 aliphatic carbocycles. The van der Waals surface area contributed by atoms with Gasteiger partial charge in [0.05, 0.1) is 17.5 Å². The molecule has 1 amide bonds. The molecule has 1 atom stereocenters. The standard InChI is InChI=1S/C28H32N2O4S2/c1-19-4-9-23(10-5-19)36(32,33)30(22-7-8-22)17-28(31)29-14-12-27-24(13-15-35-27)25(29)18-34-26-11-6-20(2)16-21(26)3/h4-6,9-11,13,15-16,22,25H,7-8,12,14,17-18H2,1-3H3/t25-/m0/s1. The average Bonchev–Trinajstić information content (AvgIpc) is 3.57. The zero-order valence-corrected chi connectivity index (χ0v) is 22.6. The molecule has 0 N–H and O–H groups in total. The molecule has 8 heteroatoms. The van der Waals surface area contributed by atoms with Gasteiger partial charge in [0.1, 0.15) is 12.4 Å². The van der Waals surface area contributed by atoms with Gasteiger partial charge >= 0.3 is 0 Å². The van der Waals surface area contributed by atoms with Crippen LogP contribution < -0.4 is 4.74 Å². The van der Waals surface area contributed by atoms with Crippen LogP contribution >= 0.6 is 11.3 Å². The molecule has 0 bridgehead atoms. The van der Waals surface area contributed by atoms with E-state index in [2.05, 4.69) is 17.5 Å². The van der Waals surface area contributed by atoms with Crippen LogP contribution in [0.2, 0.25) is 0 Å². The first-order valence-corrected chi connectivity index (χ1v) is 14.7. The lowest BCUT2D eigenvalue weighted by molar-refractivity contribution is -0.135. The van der Waals surface area contributed by atoms with Crippen molar-refractivity contribution in [1.82, 2.24) is 9.21 Å². The number of carbonyl (C=O) groups is 1. The maximum atomic E-state index is 13.7. The molecule has 0 unspecified atom stereocenters. The molecule has 0 spiro atoms. The molecule has 6 nitrogen and oxygen atoms in total. The highest BCUT2D eigenvalue weighted by Crippen LogP contribution is 2.36. The number of amides is 1. The second-order valence-electron chi connectivity index (χ2n) is 9.83. The SMILES string of the molecule is Cc1ccc(S(=O)(=O)N(CC(=O)N2CCc3sccc3[C@@H]2COc2ccc(C)cc2C)C2CC2)cc1. The van der Waals surface area contributed by atoms with Crippen molar-refractivity contribution in [2.75, 3.05) is 19.7 Å². The molecule has 5 rings (SSSR count). The quantitative estimate of drug-likeness (QED) is 0.415. The Balaban J connectivity index is 1.38. The van der Waals surface area contributed by atoms with Crippen molar-refractivity contribution >= 4 is 27.3 Å². The van der Waals surface area contributed by atoms with Crippen LogP contribution in [0, 0.1) is 20.8 Å². The normalized spacial score (nSPS) is 17.8. The van der Waals surface area contributed by atoms with Gasteiger partial charge < -0.3 is 9.64 Å². The molecule has 0 saturated heterocycles. The van der Waals surface area contributed by atoms with E-state index in [0.29, 0.717) is 13.2 Å². The highest BCUT2D eigenvalue weighted by molar-refractivity contribution is 7.89. The number of hydrogen-bond acceptors (Lipinski definition) is 5. The lowest BCUT2D eigenvalue weighted by Crippen LogP contribution is -2.48. The summed E-state index contributed by atoms with van der Waals surface area (Å²) in [6, 6.07) is 14.6. The van der Waals surface area contributed by atoms with E-state index in [-0.39, 0.29) is 29.4 Å². The predicted molar refractivity (Wildman–Crippen MR) is 142 cm³/mol. The largest absolute Gasteiger partial charge is 0.491 e. The molecule has 1 saturated carbocycles. The maximum absolute atomic E-state index is 13.7. The number of nitrogens with zero attached hydrogens (tertiary/aromatic N) is 2. The van der Waals surface area contributed by atoms with E-state index < -0.39 is 10.0 Å². The van der Waals surface area contributed by atoms with E-state index in [1.165, 1.54) is 14.7 Å². The number of thiophene rings is 1. The van der Waals surface area contributed by atoms with Gasteiger partial charge in [-0.25, -0.2) is 8.42 Å². The van der Waals surface area contributed by atoms with Crippen LogP contribution in [0.25, 0.3) is 0 Å². The smallest absolute Gasteiger partial charge is 0.243 e. The van der Waals surface area contributed by atoms with Gasteiger partial charge in [0.15, 0.2) is 0 Å². The van der Waals surface area contributed by atoms with Crippen molar-refractivity contribution in [2.45, 2.75) is 57.0 Å². The first kappa shape index (κ1) is 25.0. The van der Waals surface area contributed by atoms with Crippen LogP contribution in [0.4, 0.5) is 0 Å². The van der Waals surface area contributed by atoms with E-state index in [0.717, 1.165) is 41.7 Å². The zero-order valence-electron chi connectivity index (χ0n) is 20.9. The molecular weight excluding hydrogens is 492 g/mol. The molecule has 1 fully saturated rings. The van der Waals surface area contributed by atoms with Gasteiger partial charge in [-0.05, 0) is 80.8 Å². The van der Waals surface area contributed by atoms with Gasteiger partial charge in [0.25, 0.3) is 0 Å². The summed E-state index contributed by atoms with van der Waals surface area (Å²) in [6.45, 7) is 6.72. The van der Waals surface area contributed by atoms with Crippen molar-refractivity contribution in [1.29, 1.82) is 0 Å². The van der Waals surface area contributed by atoms with Crippen molar-refractivity contribution in [3.63, 3.8) is 0 Å². The highest BCUT2D eigenvalue weighted by atomic mass is 32.2. The number of aryl methyl sites for hydroxylation is 3. The topological polar surface area (TPSA) is 66.9 Å². The van der Waals surface area contributed by atoms with Crippen LogP contribution in [0.3, 0.4) is 0 Å². The second-order valence-corrected chi connectivity index (χ2v) is 12.7. The summed E-state index contributed by atoms with van der Waals surface area (Å²) in [5.74, 6) is 0.626. The summed E-state index contributed by atoms with van der Waals surface area (Å²) in [6.07, 6.45) is 2.34. The molecule has 2 aromatic carbocycles. The number of benzene rings is 2. The van der Waals surface area contributed by atoms with E-state index in [1.54, 1.807) is 35.6 Å². The Bertz CT molecular complexity index is 1360. The summed E-state index contributed by atoms with van der Waals surface area (Å²) >= 11 is 1.70. The minimum absolute atomic E-state index is 0.119. The number of fused-ring (bicyclic) bond motifs is 1. The first-order valence-electron chi connectivity index (χ1n) is 12.4. The Morgan fingerprint density at radius 1 is 1.06 bits per heavy atom. The van der Waals surface area contributed by atoms with Gasteiger partial charge in [-0.3, -0.25) is 4.79 Å². The number of rotatable bonds is 8. The third-order valence-corrected chi connectivity index (χ3v) is 9.92. The fraction of sp³-hybridized carbons (Fsp3) is 0.393. The summed E-state index contributed by atoms with van der Waals surface area (Å²) < 4.78 is 34.6. The third-order valence-electron chi connectivity index (χ3n) is 7.02. The maximum Gasteiger partial charge on any atom is 0.243 e. The lowest BCUT2D eigenvalue weighted by Gasteiger charge is -2.37. The summed E-state index contributed by atoms with van der Waals surface area (Å²) in [5, 5.41) is 2.06. The second kappa shape index (κ2) is 10.00. The summed E-state index contributed by atoms with van der Waals surface area (Å²) in [4.78, 5) is 17.0. The van der Waals surface area contributed by atoms with E-state index in [1.807, 2.05) is 37.8 Å². The van der Waals surface area contributed by atoms with E-state index >= 15 is 0 Å². The molecule has 36 heavy (non-hydrogen) atoms. The molecular formula is C28H32N2O4S2.